The summed E-state index contributed by atoms with van der Waals surface area (Å²) in [5.74, 6) is 6.72. The maximum Gasteiger partial charge on any atom is 0.237 e. The molecule has 0 aliphatic carbocycles. The molecule has 1 aromatic carbocycles. The van der Waals surface area contributed by atoms with Crippen LogP contribution in [0, 0.1) is 0 Å². The van der Waals surface area contributed by atoms with E-state index in [9.17, 15) is 4.79 Å². The van der Waals surface area contributed by atoms with Gasteiger partial charge < -0.3 is 16.1 Å². The first kappa shape index (κ1) is 20.5. The van der Waals surface area contributed by atoms with Gasteiger partial charge in [-0.05, 0) is 50.5 Å². The van der Waals surface area contributed by atoms with E-state index in [1.165, 1.54) is 41.4 Å². The van der Waals surface area contributed by atoms with Crippen molar-refractivity contribution in [2.24, 2.45) is 0 Å². The summed E-state index contributed by atoms with van der Waals surface area (Å²) in [7, 11) is 0. The smallest absolute Gasteiger partial charge is 0.237 e. The van der Waals surface area contributed by atoms with Crippen LogP contribution in [0.4, 0.5) is 11.4 Å². The van der Waals surface area contributed by atoms with Gasteiger partial charge >= 0.3 is 0 Å². The van der Waals surface area contributed by atoms with Gasteiger partial charge in [0.25, 0.3) is 0 Å². The summed E-state index contributed by atoms with van der Waals surface area (Å²) in [6, 6.07) is 8.07. The number of nitrogens with zero attached hydrogens (tertiary/aromatic N) is 4. The van der Waals surface area contributed by atoms with Crippen LogP contribution in [0.15, 0.2) is 29.4 Å². The van der Waals surface area contributed by atoms with E-state index in [-0.39, 0.29) is 16.6 Å². The lowest BCUT2D eigenvalue weighted by atomic mass is 9.96. The van der Waals surface area contributed by atoms with Crippen molar-refractivity contribution in [3.63, 3.8) is 0 Å². The number of rotatable bonds is 5. The van der Waals surface area contributed by atoms with Crippen molar-refractivity contribution in [3.8, 4) is 0 Å². The highest BCUT2D eigenvalue weighted by Gasteiger charge is 2.25. The molecule has 0 spiro atoms. The normalized spacial score (nSPS) is 16.1. The van der Waals surface area contributed by atoms with Gasteiger partial charge in [0.15, 0.2) is 5.82 Å². The lowest BCUT2D eigenvalue weighted by Gasteiger charge is -2.28. The molecule has 1 saturated heterocycles. The standard InChI is InChI=1S/C20H30N6OS/c1-14(28-19-24-23-18(26(19)21)20(2,3)4)17(27)22-15-8-10-16(11-9-15)25-12-6-5-7-13-25/h8-11,14H,5-7,12-13,21H2,1-4H3,(H,22,27). The van der Waals surface area contributed by atoms with Crippen LogP contribution in [0.25, 0.3) is 0 Å². The number of piperidine rings is 1. The number of hydrogen-bond acceptors (Lipinski definition) is 6. The molecule has 28 heavy (non-hydrogen) atoms. The summed E-state index contributed by atoms with van der Waals surface area (Å²) in [5, 5.41) is 11.5. The summed E-state index contributed by atoms with van der Waals surface area (Å²) < 4.78 is 1.47. The topological polar surface area (TPSA) is 89.1 Å². The van der Waals surface area contributed by atoms with Crippen molar-refractivity contribution < 1.29 is 4.79 Å². The van der Waals surface area contributed by atoms with Crippen LogP contribution in [0.1, 0.15) is 52.8 Å². The van der Waals surface area contributed by atoms with Crippen molar-refractivity contribution in [2.45, 2.75) is 62.8 Å². The van der Waals surface area contributed by atoms with Crippen molar-refractivity contribution >= 4 is 29.0 Å². The fourth-order valence-electron chi connectivity index (χ4n) is 3.23. The van der Waals surface area contributed by atoms with Gasteiger partial charge in [-0.25, -0.2) is 4.68 Å². The molecule has 8 heteroatoms. The van der Waals surface area contributed by atoms with E-state index in [0.717, 1.165) is 18.8 Å². The van der Waals surface area contributed by atoms with Crippen molar-refractivity contribution in [1.29, 1.82) is 0 Å². The van der Waals surface area contributed by atoms with Gasteiger partial charge in [0.1, 0.15) is 0 Å². The molecule has 152 valence electrons. The van der Waals surface area contributed by atoms with Crippen molar-refractivity contribution in [1.82, 2.24) is 14.9 Å². The third kappa shape index (κ3) is 4.79. The first-order valence-electron chi connectivity index (χ1n) is 9.79. The highest BCUT2D eigenvalue weighted by atomic mass is 32.2. The van der Waals surface area contributed by atoms with Gasteiger partial charge in [-0.2, -0.15) is 0 Å². The van der Waals surface area contributed by atoms with Crippen LogP contribution in [0.2, 0.25) is 0 Å². The van der Waals surface area contributed by atoms with E-state index in [1.807, 2.05) is 39.8 Å². The maximum atomic E-state index is 12.6. The lowest BCUT2D eigenvalue weighted by Crippen LogP contribution is -2.29. The van der Waals surface area contributed by atoms with Crippen LogP contribution in [0.3, 0.4) is 0 Å². The second kappa shape index (κ2) is 8.43. The Bertz CT molecular complexity index is 805. The Morgan fingerprint density at radius 3 is 2.36 bits per heavy atom. The minimum atomic E-state index is -0.346. The van der Waals surface area contributed by atoms with Crippen LogP contribution in [0.5, 0.6) is 0 Å². The number of benzene rings is 1. The SMILES string of the molecule is CC(Sc1nnc(C(C)(C)C)n1N)C(=O)Nc1ccc(N2CCCCC2)cc1. The predicted molar refractivity (Wildman–Crippen MR) is 115 cm³/mol. The van der Waals surface area contributed by atoms with Gasteiger partial charge in [-0.1, -0.05) is 32.5 Å². The lowest BCUT2D eigenvalue weighted by molar-refractivity contribution is -0.115. The van der Waals surface area contributed by atoms with Gasteiger partial charge in [-0.15, -0.1) is 10.2 Å². The summed E-state index contributed by atoms with van der Waals surface area (Å²) in [6.45, 7) is 10.1. The molecule has 1 aromatic heterocycles. The zero-order chi connectivity index (χ0) is 20.3. The third-order valence-electron chi connectivity index (χ3n) is 4.84. The Labute approximate surface area is 171 Å². The van der Waals surface area contributed by atoms with E-state index in [1.54, 1.807) is 0 Å². The molecule has 1 atom stereocenters. The minimum Gasteiger partial charge on any atom is -0.372 e. The molecule has 1 aliphatic heterocycles. The van der Waals surface area contributed by atoms with Crippen LogP contribution >= 0.6 is 11.8 Å². The molecule has 1 aliphatic rings. The van der Waals surface area contributed by atoms with Gasteiger partial charge in [-0.3, -0.25) is 4.79 Å². The van der Waals surface area contributed by atoms with E-state index >= 15 is 0 Å². The molecule has 0 radical (unpaired) electrons. The van der Waals surface area contributed by atoms with Crippen molar-refractivity contribution in [3.05, 3.63) is 30.1 Å². The predicted octanol–water partition coefficient (Wildman–Crippen LogP) is 3.40. The number of amides is 1. The minimum absolute atomic E-state index is 0.0870. The zero-order valence-corrected chi connectivity index (χ0v) is 17.9. The fraction of sp³-hybridized carbons (Fsp3) is 0.550. The number of nitrogens with two attached hydrogens (primary N) is 1. The average Bonchev–Trinajstić information content (AvgIpc) is 3.03. The molecule has 0 saturated carbocycles. The number of nitrogen functional groups attached to an aromatic ring is 1. The molecule has 1 unspecified atom stereocenters. The largest absolute Gasteiger partial charge is 0.372 e. The average molecular weight is 403 g/mol. The van der Waals surface area contributed by atoms with Crippen LogP contribution in [-0.2, 0) is 10.2 Å². The van der Waals surface area contributed by atoms with Crippen molar-refractivity contribution in [2.75, 3.05) is 29.1 Å². The number of aromatic nitrogens is 3. The number of carbonyl (C=O) groups excluding carboxylic acids is 1. The van der Waals surface area contributed by atoms with E-state index in [4.69, 9.17) is 5.84 Å². The number of anilines is 2. The molecular formula is C20H30N6OS. The first-order chi connectivity index (χ1) is 13.3. The molecule has 2 heterocycles. The quantitative estimate of drug-likeness (QED) is 0.589. The zero-order valence-electron chi connectivity index (χ0n) is 17.1. The molecule has 3 rings (SSSR count). The summed E-state index contributed by atoms with van der Waals surface area (Å²) in [6.07, 6.45) is 3.81. The van der Waals surface area contributed by atoms with E-state index in [0.29, 0.717) is 11.0 Å². The first-order valence-corrected chi connectivity index (χ1v) is 10.7. The second-order valence-electron chi connectivity index (χ2n) is 8.27. The van der Waals surface area contributed by atoms with E-state index < -0.39 is 0 Å². The summed E-state index contributed by atoms with van der Waals surface area (Å²) in [4.78, 5) is 15.0. The number of carbonyl (C=O) groups is 1. The van der Waals surface area contributed by atoms with Gasteiger partial charge in [0.2, 0.25) is 11.1 Å². The van der Waals surface area contributed by atoms with Crippen LogP contribution < -0.4 is 16.1 Å². The molecule has 0 bridgehead atoms. The summed E-state index contributed by atoms with van der Waals surface area (Å²) in [5.41, 5.74) is 1.80. The van der Waals surface area contributed by atoms with Gasteiger partial charge in [0, 0.05) is 29.9 Å². The molecule has 3 N–H and O–H groups in total. The molecular weight excluding hydrogens is 372 g/mol. The molecule has 7 nitrogen and oxygen atoms in total. The number of thioether (sulfide) groups is 1. The Hall–Kier alpha value is -2.22. The molecule has 1 fully saturated rings. The summed E-state index contributed by atoms with van der Waals surface area (Å²) >= 11 is 1.30. The third-order valence-corrected chi connectivity index (χ3v) is 5.90. The Kier molecular flexibility index (Phi) is 6.17. The Balaban J connectivity index is 1.59. The monoisotopic (exact) mass is 402 g/mol. The maximum absolute atomic E-state index is 12.6. The number of nitrogens with one attached hydrogen (secondary N) is 1. The number of hydrogen-bond donors (Lipinski definition) is 2. The molecule has 1 amide bonds. The molecule has 2 aromatic rings. The van der Waals surface area contributed by atoms with Crippen LogP contribution in [-0.4, -0.2) is 39.1 Å². The Morgan fingerprint density at radius 1 is 1.14 bits per heavy atom. The highest BCUT2D eigenvalue weighted by Crippen LogP contribution is 2.27. The Morgan fingerprint density at radius 2 is 1.79 bits per heavy atom. The van der Waals surface area contributed by atoms with Gasteiger partial charge in [0.05, 0.1) is 5.25 Å². The fourth-order valence-corrected chi connectivity index (χ4v) is 4.00. The second-order valence-corrected chi connectivity index (χ2v) is 9.58. The highest BCUT2D eigenvalue weighted by molar-refractivity contribution is 8.00. The van der Waals surface area contributed by atoms with E-state index in [2.05, 4.69) is 32.5 Å².